The Morgan fingerprint density at radius 1 is 0.400 bits per heavy atom. The zero-order valence-electron chi connectivity index (χ0n) is 24.2. The highest BCUT2D eigenvalue weighted by atomic mass is 32.1. The Hall–Kier alpha value is -5.64. The van der Waals surface area contributed by atoms with E-state index in [1.54, 1.807) is 0 Å². The Morgan fingerprint density at radius 3 is 1.96 bits per heavy atom. The number of thiophene rings is 1. The van der Waals surface area contributed by atoms with Crippen LogP contribution in [0, 0.1) is 0 Å². The van der Waals surface area contributed by atoms with Crippen LogP contribution >= 0.6 is 11.3 Å². The van der Waals surface area contributed by atoms with E-state index in [1.807, 2.05) is 17.4 Å². The first kappa shape index (κ1) is 24.8. The molecule has 0 aliphatic rings. The van der Waals surface area contributed by atoms with Gasteiger partial charge >= 0.3 is 0 Å². The van der Waals surface area contributed by atoms with Gasteiger partial charge in [0.25, 0.3) is 0 Å². The van der Waals surface area contributed by atoms with Crippen LogP contribution in [0.1, 0.15) is 0 Å². The second kappa shape index (κ2) is 9.43. The standard InChI is InChI=1S/C42H25NOS/c1-2-10-28-26(9-1)19-21-31-29-13-7-15-37(32(29)24-23-30(28)31)43(27-20-22-35-34-12-4-6-18-40(34)45-41(35)25-27)38-16-8-14-36-33-11-3-5-17-39(33)44-42(36)38/h1-25H. The molecule has 0 spiro atoms. The topological polar surface area (TPSA) is 16.4 Å². The minimum atomic E-state index is 0.888. The molecule has 0 fully saturated rings. The largest absolute Gasteiger partial charge is 0.454 e. The van der Waals surface area contributed by atoms with E-state index in [4.69, 9.17) is 4.42 Å². The van der Waals surface area contributed by atoms with Gasteiger partial charge in [-0.05, 0) is 63.3 Å². The first-order chi connectivity index (χ1) is 22.3. The monoisotopic (exact) mass is 591 g/mol. The Balaban J connectivity index is 1.29. The van der Waals surface area contributed by atoms with Gasteiger partial charge in [-0.1, -0.05) is 115 Å². The van der Waals surface area contributed by atoms with Crippen LogP contribution in [0.25, 0.3) is 74.4 Å². The SMILES string of the molecule is c1ccc2c(c1)ccc1c3cccc(N(c4ccc5c(c4)sc4ccccc45)c4cccc5c4oc4ccccc45)c3ccc21. The molecule has 0 radical (unpaired) electrons. The molecule has 0 atom stereocenters. The van der Waals surface area contributed by atoms with Gasteiger partial charge in [-0.3, -0.25) is 0 Å². The first-order valence-electron chi connectivity index (χ1n) is 15.3. The maximum atomic E-state index is 6.63. The van der Waals surface area contributed by atoms with Crippen molar-refractivity contribution in [3.8, 4) is 0 Å². The molecule has 10 aromatic rings. The number of rotatable bonds is 3. The minimum absolute atomic E-state index is 0.888. The highest BCUT2D eigenvalue weighted by Crippen LogP contribution is 2.47. The lowest BCUT2D eigenvalue weighted by atomic mass is 9.96. The van der Waals surface area contributed by atoms with Gasteiger partial charge < -0.3 is 9.32 Å². The molecule has 0 unspecified atom stereocenters. The summed E-state index contributed by atoms with van der Waals surface area (Å²) in [7, 11) is 0. The highest BCUT2D eigenvalue weighted by molar-refractivity contribution is 7.25. The van der Waals surface area contributed by atoms with Crippen molar-refractivity contribution >= 4 is 103 Å². The van der Waals surface area contributed by atoms with Gasteiger partial charge in [0.2, 0.25) is 0 Å². The van der Waals surface area contributed by atoms with Gasteiger partial charge in [0.05, 0.1) is 11.4 Å². The number of furan rings is 1. The molecule has 0 amide bonds. The van der Waals surface area contributed by atoms with Crippen molar-refractivity contribution in [2.75, 3.05) is 4.90 Å². The Bertz CT molecular complexity index is 2790. The third-order valence-corrected chi connectivity index (χ3v) is 10.4. The average Bonchev–Trinajstić information content (AvgIpc) is 3.67. The van der Waals surface area contributed by atoms with Crippen LogP contribution in [0.2, 0.25) is 0 Å². The van der Waals surface area contributed by atoms with E-state index >= 15 is 0 Å². The fourth-order valence-corrected chi connectivity index (χ4v) is 8.34. The second-order valence-corrected chi connectivity index (χ2v) is 12.8. The summed E-state index contributed by atoms with van der Waals surface area (Å²) in [6, 6.07) is 54.8. The van der Waals surface area contributed by atoms with E-state index < -0.39 is 0 Å². The van der Waals surface area contributed by atoms with Gasteiger partial charge in [0, 0.05) is 42.0 Å². The van der Waals surface area contributed by atoms with Crippen molar-refractivity contribution in [1.82, 2.24) is 0 Å². The summed E-state index contributed by atoms with van der Waals surface area (Å²) in [5.74, 6) is 0. The predicted octanol–water partition coefficient (Wildman–Crippen LogP) is 12.9. The average molecular weight is 592 g/mol. The number of fused-ring (bicyclic) bond motifs is 11. The fraction of sp³-hybridized carbons (Fsp3) is 0. The Morgan fingerprint density at radius 2 is 1.02 bits per heavy atom. The summed E-state index contributed by atoms with van der Waals surface area (Å²) < 4.78 is 9.21. The quantitative estimate of drug-likeness (QED) is 0.190. The van der Waals surface area contributed by atoms with Crippen LogP contribution in [-0.2, 0) is 0 Å². The molecule has 0 saturated heterocycles. The number of hydrogen-bond donors (Lipinski definition) is 0. The Labute approximate surface area is 263 Å². The van der Waals surface area contributed by atoms with Crippen molar-refractivity contribution in [2.24, 2.45) is 0 Å². The lowest BCUT2D eigenvalue weighted by Crippen LogP contribution is -2.10. The Kier molecular flexibility index (Phi) is 5.19. The van der Waals surface area contributed by atoms with Crippen LogP contribution in [0.4, 0.5) is 17.1 Å². The first-order valence-corrected chi connectivity index (χ1v) is 16.1. The molecule has 2 nitrogen and oxygen atoms in total. The third-order valence-electron chi connectivity index (χ3n) is 9.25. The maximum Gasteiger partial charge on any atom is 0.159 e. The van der Waals surface area contributed by atoms with Crippen LogP contribution < -0.4 is 4.90 Å². The summed E-state index contributed by atoms with van der Waals surface area (Å²) in [5, 5.41) is 12.3. The zero-order valence-corrected chi connectivity index (χ0v) is 25.0. The van der Waals surface area contributed by atoms with E-state index in [2.05, 4.69) is 150 Å². The number of nitrogens with zero attached hydrogens (tertiary/aromatic N) is 1. The van der Waals surface area contributed by atoms with Crippen LogP contribution in [0.15, 0.2) is 156 Å². The molecule has 0 N–H and O–H groups in total. The van der Waals surface area contributed by atoms with Gasteiger partial charge in [-0.25, -0.2) is 0 Å². The van der Waals surface area contributed by atoms with Crippen LogP contribution in [-0.4, -0.2) is 0 Å². The van der Waals surface area contributed by atoms with Crippen molar-refractivity contribution < 1.29 is 4.42 Å². The van der Waals surface area contributed by atoms with Crippen molar-refractivity contribution in [2.45, 2.75) is 0 Å². The van der Waals surface area contributed by atoms with E-state index in [9.17, 15) is 0 Å². The molecule has 0 saturated carbocycles. The number of hydrogen-bond acceptors (Lipinski definition) is 3. The van der Waals surface area contributed by atoms with Gasteiger partial charge in [-0.2, -0.15) is 0 Å². The fourth-order valence-electron chi connectivity index (χ4n) is 7.20. The molecule has 8 aromatic carbocycles. The van der Waals surface area contributed by atoms with E-state index in [1.165, 1.54) is 52.5 Å². The third kappa shape index (κ3) is 3.62. The van der Waals surface area contributed by atoms with E-state index in [0.29, 0.717) is 0 Å². The summed E-state index contributed by atoms with van der Waals surface area (Å²) in [4.78, 5) is 2.39. The van der Waals surface area contributed by atoms with Gasteiger partial charge in [0.15, 0.2) is 5.58 Å². The van der Waals surface area contributed by atoms with Crippen LogP contribution in [0.5, 0.6) is 0 Å². The predicted molar refractivity (Wildman–Crippen MR) is 194 cm³/mol. The lowest BCUT2D eigenvalue weighted by Gasteiger charge is -2.27. The summed E-state index contributed by atoms with van der Waals surface area (Å²) >= 11 is 1.85. The maximum absolute atomic E-state index is 6.63. The van der Waals surface area contributed by atoms with Crippen molar-refractivity contribution in [1.29, 1.82) is 0 Å². The molecule has 0 bridgehead atoms. The van der Waals surface area contributed by atoms with Gasteiger partial charge in [-0.15, -0.1) is 11.3 Å². The number of anilines is 3. The lowest BCUT2D eigenvalue weighted by molar-refractivity contribution is 0.669. The number of para-hydroxylation sites is 2. The van der Waals surface area contributed by atoms with Crippen molar-refractivity contribution in [3.63, 3.8) is 0 Å². The molecule has 10 rings (SSSR count). The van der Waals surface area contributed by atoms with Gasteiger partial charge in [0.1, 0.15) is 5.58 Å². The smallest absolute Gasteiger partial charge is 0.159 e. The minimum Gasteiger partial charge on any atom is -0.454 e. The molecule has 45 heavy (non-hydrogen) atoms. The van der Waals surface area contributed by atoms with E-state index in [0.717, 1.165) is 39.0 Å². The molecule has 0 aliphatic carbocycles. The highest BCUT2D eigenvalue weighted by Gasteiger charge is 2.22. The molecular formula is C42H25NOS. The molecule has 2 heterocycles. The molecule has 210 valence electrons. The van der Waals surface area contributed by atoms with Crippen LogP contribution in [0.3, 0.4) is 0 Å². The van der Waals surface area contributed by atoms with Crippen molar-refractivity contribution in [3.05, 3.63) is 152 Å². The molecule has 3 heteroatoms. The molecule has 0 aliphatic heterocycles. The summed E-state index contributed by atoms with van der Waals surface area (Å²) in [6.07, 6.45) is 0. The number of benzene rings is 8. The van der Waals surface area contributed by atoms with E-state index in [-0.39, 0.29) is 0 Å². The zero-order chi connectivity index (χ0) is 29.5. The molecule has 2 aromatic heterocycles. The second-order valence-electron chi connectivity index (χ2n) is 11.7. The molecular weight excluding hydrogens is 567 g/mol. The normalized spacial score (nSPS) is 12.0. The summed E-state index contributed by atoms with van der Waals surface area (Å²) in [6.45, 7) is 0. The summed E-state index contributed by atoms with van der Waals surface area (Å²) in [5.41, 5.74) is 5.04.